The van der Waals surface area contributed by atoms with Crippen LogP contribution in [0.25, 0.3) is 10.9 Å². The van der Waals surface area contributed by atoms with Crippen LogP contribution in [0.5, 0.6) is 0 Å². The van der Waals surface area contributed by atoms with Crippen LogP contribution in [0.4, 0.5) is 11.8 Å². The van der Waals surface area contributed by atoms with Crippen LogP contribution in [0.2, 0.25) is 0 Å². The zero-order chi connectivity index (χ0) is 17.5. The molecule has 0 amide bonds. The van der Waals surface area contributed by atoms with Gasteiger partial charge in [0.25, 0.3) is 0 Å². The molecule has 0 bridgehead atoms. The standard InChI is InChI=1S/C20H31N5/c1-24(2)14-10-13-21-20-22-18-12-7-6-11-17(18)19(23-20)25-15-8-4-3-5-9-16-25/h6-7,11-12H,3-5,8-10,13-16H2,1-2H3,(H,21,22,23). The molecule has 25 heavy (non-hydrogen) atoms. The largest absolute Gasteiger partial charge is 0.356 e. The van der Waals surface area contributed by atoms with Crippen LogP contribution in [-0.4, -0.2) is 55.1 Å². The van der Waals surface area contributed by atoms with Gasteiger partial charge in [-0.1, -0.05) is 31.4 Å². The number of nitrogens with one attached hydrogen (secondary N) is 1. The number of hydrogen-bond acceptors (Lipinski definition) is 5. The van der Waals surface area contributed by atoms with Crippen LogP contribution in [0, 0.1) is 0 Å². The predicted octanol–water partition coefficient (Wildman–Crippen LogP) is 3.76. The molecule has 0 aliphatic carbocycles. The fourth-order valence-corrected chi connectivity index (χ4v) is 3.43. The predicted molar refractivity (Wildman–Crippen MR) is 106 cm³/mol. The summed E-state index contributed by atoms with van der Waals surface area (Å²) in [6.45, 7) is 4.16. The smallest absolute Gasteiger partial charge is 0.225 e. The van der Waals surface area contributed by atoms with Crippen LogP contribution in [0.15, 0.2) is 24.3 Å². The van der Waals surface area contributed by atoms with Gasteiger partial charge in [-0.25, -0.2) is 4.98 Å². The molecule has 0 saturated carbocycles. The maximum Gasteiger partial charge on any atom is 0.225 e. The average Bonchev–Trinajstić information content (AvgIpc) is 2.58. The summed E-state index contributed by atoms with van der Waals surface area (Å²) in [6.07, 6.45) is 7.62. The second-order valence-corrected chi connectivity index (χ2v) is 7.23. The molecule has 0 unspecified atom stereocenters. The van der Waals surface area contributed by atoms with Crippen molar-refractivity contribution in [3.8, 4) is 0 Å². The first kappa shape index (κ1) is 17.9. The highest BCUT2D eigenvalue weighted by molar-refractivity contribution is 5.90. The van der Waals surface area contributed by atoms with E-state index in [2.05, 4.69) is 53.5 Å². The second-order valence-electron chi connectivity index (χ2n) is 7.23. The molecule has 2 aromatic rings. The second kappa shape index (κ2) is 8.99. The summed E-state index contributed by atoms with van der Waals surface area (Å²) in [5, 5.41) is 4.59. The van der Waals surface area contributed by atoms with E-state index in [0.29, 0.717) is 0 Å². The number of hydrogen-bond donors (Lipinski definition) is 1. The zero-order valence-electron chi connectivity index (χ0n) is 15.7. The Bertz CT molecular complexity index is 662. The monoisotopic (exact) mass is 341 g/mol. The number of para-hydroxylation sites is 1. The number of fused-ring (bicyclic) bond motifs is 1. The third kappa shape index (κ3) is 5.05. The van der Waals surface area contributed by atoms with Gasteiger partial charge < -0.3 is 15.1 Å². The van der Waals surface area contributed by atoms with E-state index in [9.17, 15) is 0 Å². The topological polar surface area (TPSA) is 44.3 Å². The minimum absolute atomic E-state index is 0.759. The summed E-state index contributed by atoms with van der Waals surface area (Å²) >= 11 is 0. The van der Waals surface area contributed by atoms with Crippen LogP contribution < -0.4 is 10.2 Å². The Morgan fingerprint density at radius 3 is 2.48 bits per heavy atom. The lowest BCUT2D eigenvalue weighted by Crippen LogP contribution is -2.28. The molecule has 1 aromatic heterocycles. The van der Waals surface area contributed by atoms with Gasteiger partial charge in [0.05, 0.1) is 5.52 Å². The fourth-order valence-electron chi connectivity index (χ4n) is 3.43. The van der Waals surface area contributed by atoms with E-state index in [-0.39, 0.29) is 0 Å². The Balaban J connectivity index is 1.81. The molecular weight excluding hydrogens is 310 g/mol. The molecule has 0 radical (unpaired) electrons. The van der Waals surface area contributed by atoms with E-state index in [1.54, 1.807) is 0 Å². The van der Waals surface area contributed by atoms with Crippen molar-refractivity contribution in [3.05, 3.63) is 24.3 Å². The summed E-state index contributed by atoms with van der Waals surface area (Å²) in [5.74, 6) is 1.86. The van der Waals surface area contributed by atoms with Gasteiger partial charge in [-0.05, 0) is 52.0 Å². The van der Waals surface area contributed by atoms with E-state index >= 15 is 0 Å². The Kier molecular flexibility index (Phi) is 6.45. The minimum atomic E-state index is 0.759. The molecule has 3 rings (SSSR count). The maximum absolute atomic E-state index is 4.90. The summed E-state index contributed by atoms with van der Waals surface area (Å²) in [7, 11) is 4.21. The number of rotatable bonds is 6. The van der Waals surface area contributed by atoms with Gasteiger partial charge >= 0.3 is 0 Å². The zero-order valence-corrected chi connectivity index (χ0v) is 15.7. The summed E-state index contributed by atoms with van der Waals surface area (Å²) in [4.78, 5) is 14.3. The summed E-state index contributed by atoms with van der Waals surface area (Å²) in [6, 6.07) is 8.39. The highest BCUT2D eigenvalue weighted by Gasteiger charge is 2.15. The lowest BCUT2D eigenvalue weighted by Gasteiger charge is -2.27. The fraction of sp³-hybridized carbons (Fsp3) is 0.600. The molecule has 5 heteroatoms. The van der Waals surface area contributed by atoms with Crippen molar-refractivity contribution < 1.29 is 0 Å². The normalized spacial score (nSPS) is 16.0. The lowest BCUT2D eigenvalue weighted by molar-refractivity contribution is 0.405. The molecule has 1 aromatic carbocycles. The van der Waals surface area contributed by atoms with Crippen molar-refractivity contribution in [3.63, 3.8) is 0 Å². The average molecular weight is 342 g/mol. The molecule has 0 atom stereocenters. The van der Waals surface area contributed by atoms with Gasteiger partial charge in [0.15, 0.2) is 0 Å². The molecule has 1 aliphatic heterocycles. The summed E-state index contributed by atoms with van der Waals surface area (Å²) in [5.41, 5.74) is 1.03. The highest BCUT2D eigenvalue weighted by atomic mass is 15.2. The van der Waals surface area contributed by atoms with Gasteiger partial charge in [0.1, 0.15) is 5.82 Å². The van der Waals surface area contributed by atoms with Crippen molar-refractivity contribution in [2.24, 2.45) is 0 Å². The van der Waals surface area contributed by atoms with Crippen LogP contribution in [-0.2, 0) is 0 Å². The molecule has 1 saturated heterocycles. The Morgan fingerprint density at radius 1 is 1.00 bits per heavy atom. The Morgan fingerprint density at radius 2 is 1.72 bits per heavy atom. The Hall–Kier alpha value is -1.88. The first-order chi connectivity index (χ1) is 12.2. The molecule has 0 spiro atoms. The van der Waals surface area contributed by atoms with E-state index < -0.39 is 0 Å². The molecule has 136 valence electrons. The van der Waals surface area contributed by atoms with Crippen molar-refractivity contribution in [1.29, 1.82) is 0 Å². The maximum atomic E-state index is 4.90. The lowest BCUT2D eigenvalue weighted by atomic mass is 10.1. The van der Waals surface area contributed by atoms with Crippen molar-refractivity contribution in [2.45, 2.75) is 38.5 Å². The number of benzene rings is 1. The molecule has 5 nitrogen and oxygen atoms in total. The van der Waals surface area contributed by atoms with Crippen molar-refractivity contribution in [1.82, 2.24) is 14.9 Å². The molecule has 1 aliphatic rings. The van der Waals surface area contributed by atoms with E-state index in [0.717, 1.165) is 49.9 Å². The van der Waals surface area contributed by atoms with Crippen molar-refractivity contribution in [2.75, 3.05) is 50.5 Å². The van der Waals surface area contributed by atoms with Crippen LogP contribution >= 0.6 is 0 Å². The van der Waals surface area contributed by atoms with Crippen molar-refractivity contribution >= 4 is 22.7 Å². The van der Waals surface area contributed by atoms with Gasteiger partial charge in [0.2, 0.25) is 5.95 Å². The molecular formula is C20H31N5. The SMILES string of the molecule is CN(C)CCCNc1nc(N2CCCCCCC2)c2ccccc2n1. The molecule has 2 heterocycles. The minimum Gasteiger partial charge on any atom is -0.356 e. The van der Waals surface area contributed by atoms with Gasteiger partial charge in [-0.2, -0.15) is 4.98 Å². The van der Waals surface area contributed by atoms with Crippen LogP contribution in [0.3, 0.4) is 0 Å². The third-order valence-electron chi connectivity index (χ3n) is 4.80. The first-order valence-corrected chi connectivity index (χ1v) is 9.64. The third-order valence-corrected chi connectivity index (χ3v) is 4.80. The number of aromatic nitrogens is 2. The highest BCUT2D eigenvalue weighted by Crippen LogP contribution is 2.27. The van der Waals surface area contributed by atoms with Crippen LogP contribution in [0.1, 0.15) is 38.5 Å². The number of anilines is 2. The van der Waals surface area contributed by atoms with Gasteiger partial charge in [-0.3, -0.25) is 0 Å². The van der Waals surface area contributed by atoms with Gasteiger partial charge in [-0.15, -0.1) is 0 Å². The summed E-state index contributed by atoms with van der Waals surface area (Å²) < 4.78 is 0. The van der Waals surface area contributed by atoms with E-state index in [1.165, 1.54) is 37.5 Å². The first-order valence-electron chi connectivity index (χ1n) is 9.64. The van der Waals surface area contributed by atoms with Gasteiger partial charge in [0, 0.05) is 25.0 Å². The molecule has 1 fully saturated rings. The quantitative estimate of drug-likeness (QED) is 0.811. The molecule has 1 N–H and O–H groups in total. The van der Waals surface area contributed by atoms with E-state index in [1.807, 2.05) is 0 Å². The van der Waals surface area contributed by atoms with E-state index in [4.69, 9.17) is 9.97 Å². The number of nitrogens with zero attached hydrogens (tertiary/aromatic N) is 4. The Labute approximate surface area is 151 Å².